The topological polar surface area (TPSA) is 12.5 Å². The van der Waals surface area contributed by atoms with E-state index >= 15 is 0 Å². The molecule has 1 heterocycles. The van der Waals surface area contributed by atoms with Crippen LogP contribution in [0.2, 0.25) is 5.02 Å². The number of halogens is 1. The Morgan fingerprint density at radius 1 is 1.43 bits per heavy atom. The first-order valence-corrected chi connectivity index (χ1v) is 5.13. The van der Waals surface area contributed by atoms with Crippen molar-refractivity contribution in [1.29, 1.82) is 0 Å². The molecule has 0 N–H and O–H groups in total. The molecule has 0 spiro atoms. The third kappa shape index (κ3) is 1.60. The lowest BCUT2D eigenvalue weighted by atomic mass is 10.00. The van der Waals surface area contributed by atoms with Gasteiger partial charge in [-0.05, 0) is 30.7 Å². The van der Waals surface area contributed by atoms with E-state index in [4.69, 9.17) is 16.3 Å². The average molecular weight is 212 g/mol. The summed E-state index contributed by atoms with van der Waals surface area (Å²) in [4.78, 5) is 2.30. The van der Waals surface area contributed by atoms with Gasteiger partial charge in [-0.25, -0.2) is 0 Å². The van der Waals surface area contributed by atoms with Crippen LogP contribution < -0.4 is 4.74 Å². The zero-order valence-corrected chi connectivity index (χ0v) is 9.27. The summed E-state index contributed by atoms with van der Waals surface area (Å²) in [5.74, 6) is 0.787. The van der Waals surface area contributed by atoms with Crippen molar-refractivity contribution in [3.63, 3.8) is 0 Å². The highest BCUT2D eigenvalue weighted by atomic mass is 35.5. The number of likely N-dealkylation sites (N-methyl/N-ethyl adjacent to an activating group) is 1. The largest absolute Gasteiger partial charge is 0.495 e. The number of benzene rings is 1. The Morgan fingerprint density at radius 3 is 2.93 bits per heavy atom. The first-order valence-electron chi connectivity index (χ1n) is 4.75. The molecule has 0 amide bonds. The maximum atomic E-state index is 6.23. The molecular weight excluding hydrogens is 198 g/mol. The smallest absolute Gasteiger partial charge is 0.137 e. The van der Waals surface area contributed by atoms with E-state index < -0.39 is 0 Å². The molecule has 3 heteroatoms. The molecule has 0 fully saturated rings. The molecule has 0 atom stereocenters. The molecular formula is C11H14ClNO. The van der Waals surface area contributed by atoms with E-state index in [9.17, 15) is 0 Å². The molecule has 0 unspecified atom stereocenters. The Hall–Kier alpha value is -0.730. The predicted molar refractivity (Wildman–Crippen MR) is 58.0 cm³/mol. The summed E-state index contributed by atoms with van der Waals surface area (Å²) in [5.41, 5.74) is 2.58. The van der Waals surface area contributed by atoms with Gasteiger partial charge < -0.3 is 9.64 Å². The summed E-state index contributed by atoms with van der Waals surface area (Å²) >= 11 is 6.23. The minimum Gasteiger partial charge on any atom is -0.495 e. The van der Waals surface area contributed by atoms with Gasteiger partial charge in [0.05, 0.1) is 12.1 Å². The highest BCUT2D eigenvalue weighted by molar-refractivity contribution is 6.33. The van der Waals surface area contributed by atoms with Crippen molar-refractivity contribution in [3.8, 4) is 5.75 Å². The molecule has 1 aromatic carbocycles. The number of rotatable bonds is 1. The van der Waals surface area contributed by atoms with E-state index in [1.165, 1.54) is 11.1 Å². The normalized spacial score (nSPS) is 16.5. The van der Waals surface area contributed by atoms with Gasteiger partial charge in [0.25, 0.3) is 0 Å². The van der Waals surface area contributed by atoms with Gasteiger partial charge in [-0.2, -0.15) is 0 Å². The Bertz CT molecular complexity index is 351. The Balaban J connectivity index is 2.43. The second-order valence-corrected chi connectivity index (χ2v) is 4.09. The molecule has 0 saturated carbocycles. The van der Waals surface area contributed by atoms with E-state index in [2.05, 4.69) is 18.0 Å². The van der Waals surface area contributed by atoms with Gasteiger partial charge in [0, 0.05) is 13.1 Å². The van der Waals surface area contributed by atoms with Crippen molar-refractivity contribution in [2.75, 3.05) is 20.7 Å². The van der Waals surface area contributed by atoms with Crippen molar-refractivity contribution in [3.05, 3.63) is 28.3 Å². The zero-order chi connectivity index (χ0) is 10.1. The van der Waals surface area contributed by atoms with Crippen LogP contribution in [0.1, 0.15) is 11.1 Å². The van der Waals surface area contributed by atoms with Crippen molar-refractivity contribution in [2.24, 2.45) is 0 Å². The molecule has 0 aliphatic carbocycles. The van der Waals surface area contributed by atoms with Gasteiger partial charge in [0.2, 0.25) is 0 Å². The lowest BCUT2D eigenvalue weighted by Gasteiger charge is -2.26. The molecule has 0 radical (unpaired) electrons. The minimum absolute atomic E-state index is 0.787. The van der Waals surface area contributed by atoms with Crippen LogP contribution in [0.3, 0.4) is 0 Å². The molecule has 1 aliphatic rings. The zero-order valence-electron chi connectivity index (χ0n) is 8.51. The second-order valence-electron chi connectivity index (χ2n) is 3.71. The predicted octanol–water partition coefficient (Wildman–Crippen LogP) is 2.34. The molecule has 14 heavy (non-hydrogen) atoms. The lowest BCUT2D eigenvalue weighted by molar-refractivity contribution is 0.312. The van der Waals surface area contributed by atoms with Gasteiger partial charge in [-0.15, -0.1) is 0 Å². The maximum absolute atomic E-state index is 6.23. The summed E-state index contributed by atoms with van der Waals surface area (Å²) in [5, 5.41) is 0.790. The average Bonchev–Trinajstić information content (AvgIpc) is 2.18. The fourth-order valence-electron chi connectivity index (χ4n) is 1.89. The van der Waals surface area contributed by atoms with Crippen LogP contribution in [0.4, 0.5) is 0 Å². The molecule has 2 nitrogen and oxygen atoms in total. The van der Waals surface area contributed by atoms with Crippen LogP contribution in [-0.4, -0.2) is 25.6 Å². The first kappa shape index (κ1) is 9.81. The third-order valence-electron chi connectivity index (χ3n) is 2.71. The summed E-state index contributed by atoms with van der Waals surface area (Å²) < 4.78 is 5.19. The number of fused-ring (bicyclic) bond motifs is 1. The molecule has 1 aliphatic heterocycles. The monoisotopic (exact) mass is 211 g/mol. The van der Waals surface area contributed by atoms with Crippen LogP contribution in [-0.2, 0) is 13.0 Å². The van der Waals surface area contributed by atoms with E-state index in [-0.39, 0.29) is 0 Å². The summed E-state index contributed by atoms with van der Waals surface area (Å²) in [6, 6.07) is 4.05. The van der Waals surface area contributed by atoms with Crippen molar-refractivity contribution < 1.29 is 4.74 Å². The fraction of sp³-hybridized carbons (Fsp3) is 0.455. The Morgan fingerprint density at radius 2 is 2.21 bits per heavy atom. The van der Waals surface area contributed by atoms with Gasteiger partial charge in [0.15, 0.2) is 0 Å². The Labute approximate surface area is 89.4 Å². The fourth-order valence-corrected chi connectivity index (χ4v) is 2.24. The third-order valence-corrected chi connectivity index (χ3v) is 3.12. The summed E-state index contributed by atoms with van der Waals surface area (Å²) in [6.07, 6.45) is 1.02. The molecule has 1 aromatic rings. The van der Waals surface area contributed by atoms with Crippen LogP contribution in [0.15, 0.2) is 12.1 Å². The van der Waals surface area contributed by atoms with Crippen molar-refractivity contribution in [1.82, 2.24) is 4.90 Å². The van der Waals surface area contributed by atoms with E-state index in [1.807, 2.05) is 6.07 Å². The van der Waals surface area contributed by atoms with Gasteiger partial charge >= 0.3 is 0 Å². The summed E-state index contributed by atoms with van der Waals surface area (Å²) in [6.45, 7) is 2.05. The van der Waals surface area contributed by atoms with Crippen molar-refractivity contribution in [2.45, 2.75) is 13.0 Å². The van der Waals surface area contributed by atoms with Gasteiger partial charge in [-0.1, -0.05) is 17.7 Å². The van der Waals surface area contributed by atoms with E-state index in [0.717, 1.165) is 30.3 Å². The maximum Gasteiger partial charge on any atom is 0.137 e. The van der Waals surface area contributed by atoms with Gasteiger partial charge in [-0.3, -0.25) is 0 Å². The molecule has 2 rings (SSSR count). The lowest BCUT2D eigenvalue weighted by Crippen LogP contribution is -2.26. The van der Waals surface area contributed by atoms with Gasteiger partial charge in [0.1, 0.15) is 5.75 Å². The number of methoxy groups -OCH3 is 1. The van der Waals surface area contributed by atoms with E-state index in [1.54, 1.807) is 7.11 Å². The van der Waals surface area contributed by atoms with Crippen LogP contribution in [0, 0.1) is 0 Å². The SMILES string of the molecule is COc1ccc2c(c1Cl)CCN(C)C2. The quantitative estimate of drug-likeness (QED) is 0.707. The van der Waals surface area contributed by atoms with Crippen LogP contribution >= 0.6 is 11.6 Å². The standard InChI is InChI=1S/C11H14ClNO/c1-13-6-5-9-8(7-13)3-4-10(14-2)11(9)12/h3-4H,5-7H2,1-2H3. The number of ether oxygens (including phenoxy) is 1. The number of hydrogen-bond acceptors (Lipinski definition) is 2. The molecule has 0 saturated heterocycles. The van der Waals surface area contributed by atoms with Crippen LogP contribution in [0.5, 0.6) is 5.75 Å². The Kier molecular flexibility index (Phi) is 2.66. The van der Waals surface area contributed by atoms with E-state index in [0.29, 0.717) is 0 Å². The highest BCUT2D eigenvalue weighted by Crippen LogP contribution is 2.33. The molecule has 0 bridgehead atoms. The minimum atomic E-state index is 0.787. The number of hydrogen-bond donors (Lipinski definition) is 0. The van der Waals surface area contributed by atoms with Crippen LogP contribution in [0.25, 0.3) is 0 Å². The second kappa shape index (κ2) is 3.79. The first-order chi connectivity index (χ1) is 6.72. The molecule has 0 aromatic heterocycles. The highest BCUT2D eigenvalue weighted by Gasteiger charge is 2.17. The molecule has 76 valence electrons. The summed E-state index contributed by atoms with van der Waals surface area (Å²) in [7, 11) is 3.78. The number of nitrogens with zero attached hydrogens (tertiary/aromatic N) is 1. The van der Waals surface area contributed by atoms with Crippen molar-refractivity contribution >= 4 is 11.6 Å².